The Balaban J connectivity index is 1.62. The summed E-state index contributed by atoms with van der Waals surface area (Å²) in [5.74, 6) is 0.956. The Morgan fingerprint density at radius 2 is 1.81 bits per heavy atom. The average Bonchev–Trinajstić information content (AvgIpc) is 2.62. The van der Waals surface area contributed by atoms with Gasteiger partial charge in [-0.3, -0.25) is 0 Å². The zero-order chi connectivity index (χ0) is 18.6. The third-order valence-corrected chi connectivity index (χ3v) is 4.57. The van der Waals surface area contributed by atoms with E-state index in [-0.39, 0.29) is 0 Å². The molecular weight excluding hydrogens is 341 g/mol. The van der Waals surface area contributed by atoms with Crippen LogP contribution in [0, 0.1) is 0 Å². The number of halogens is 3. The first kappa shape index (κ1) is 18.7. The van der Waals surface area contributed by atoms with Gasteiger partial charge in [0.1, 0.15) is 5.82 Å². The molecule has 1 aromatic heterocycles. The van der Waals surface area contributed by atoms with E-state index in [0.29, 0.717) is 18.7 Å². The van der Waals surface area contributed by atoms with E-state index in [1.165, 1.54) is 12.1 Å². The van der Waals surface area contributed by atoms with Gasteiger partial charge in [0.05, 0.1) is 5.56 Å². The molecule has 1 fully saturated rings. The molecule has 1 aliphatic heterocycles. The summed E-state index contributed by atoms with van der Waals surface area (Å²) in [6.07, 6.45) is -2.53. The number of piperazine rings is 1. The maximum Gasteiger partial charge on any atom is 0.416 e. The maximum absolute atomic E-state index is 12.8. The first-order valence-electron chi connectivity index (χ1n) is 8.68. The maximum atomic E-state index is 12.8. The number of nitrogens with one attached hydrogen (secondary N) is 1. The van der Waals surface area contributed by atoms with Gasteiger partial charge in [0.15, 0.2) is 0 Å². The van der Waals surface area contributed by atoms with Crippen LogP contribution < -0.4 is 10.2 Å². The molecule has 0 unspecified atom stereocenters. The molecule has 1 aliphatic rings. The number of likely N-dealkylation sites (N-methyl/N-ethyl adjacent to an activating group) is 1. The fraction of sp³-hybridized carbons (Fsp3) is 0.421. The molecule has 3 rings (SSSR count). The van der Waals surface area contributed by atoms with Crippen molar-refractivity contribution < 1.29 is 13.2 Å². The lowest BCUT2D eigenvalue weighted by atomic mass is 10.1. The van der Waals surface area contributed by atoms with Crippen molar-refractivity contribution in [2.24, 2.45) is 0 Å². The van der Waals surface area contributed by atoms with Crippen molar-refractivity contribution in [1.29, 1.82) is 0 Å². The van der Waals surface area contributed by atoms with E-state index in [1.807, 2.05) is 12.1 Å². The minimum absolute atomic E-state index is 0.376. The zero-order valence-electron chi connectivity index (χ0n) is 14.8. The standard InChI is InChI=1S/C19H23F3N4/c1-25-8-10-26(11-9-25)18-16(5-3-7-24-18)14-23-13-15-4-2-6-17(12-15)19(20,21)22/h2-7,12,23H,8-11,13-14H2,1H3. The smallest absolute Gasteiger partial charge is 0.354 e. The van der Waals surface area contributed by atoms with Crippen LogP contribution in [0.4, 0.5) is 19.0 Å². The van der Waals surface area contributed by atoms with Gasteiger partial charge in [-0.1, -0.05) is 24.3 Å². The summed E-state index contributed by atoms with van der Waals surface area (Å²) in [5, 5.41) is 3.24. The largest absolute Gasteiger partial charge is 0.416 e. The van der Waals surface area contributed by atoms with Crippen molar-refractivity contribution in [2.45, 2.75) is 19.3 Å². The molecule has 0 aliphatic carbocycles. The summed E-state index contributed by atoms with van der Waals surface area (Å²) in [6, 6.07) is 9.33. The highest BCUT2D eigenvalue weighted by Gasteiger charge is 2.30. The van der Waals surface area contributed by atoms with Crippen LogP contribution in [-0.4, -0.2) is 43.1 Å². The van der Waals surface area contributed by atoms with Gasteiger partial charge in [-0.05, 0) is 24.7 Å². The van der Waals surface area contributed by atoms with Crippen LogP contribution in [0.2, 0.25) is 0 Å². The van der Waals surface area contributed by atoms with Gasteiger partial charge < -0.3 is 15.1 Å². The molecule has 140 valence electrons. The molecule has 0 saturated carbocycles. The number of benzene rings is 1. The highest BCUT2D eigenvalue weighted by Crippen LogP contribution is 2.29. The summed E-state index contributed by atoms with van der Waals surface area (Å²) >= 11 is 0. The fourth-order valence-electron chi connectivity index (χ4n) is 3.07. The first-order valence-corrected chi connectivity index (χ1v) is 8.68. The molecule has 4 nitrogen and oxygen atoms in total. The van der Waals surface area contributed by atoms with Crippen LogP contribution in [0.15, 0.2) is 42.6 Å². The fourth-order valence-corrected chi connectivity index (χ4v) is 3.07. The van der Waals surface area contributed by atoms with Crippen LogP contribution in [0.3, 0.4) is 0 Å². The van der Waals surface area contributed by atoms with E-state index < -0.39 is 11.7 Å². The van der Waals surface area contributed by atoms with Crippen LogP contribution in [0.5, 0.6) is 0 Å². The van der Waals surface area contributed by atoms with E-state index >= 15 is 0 Å². The molecule has 0 radical (unpaired) electrons. The second-order valence-electron chi connectivity index (χ2n) is 6.58. The monoisotopic (exact) mass is 364 g/mol. The Morgan fingerprint density at radius 1 is 1.04 bits per heavy atom. The summed E-state index contributed by atoms with van der Waals surface area (Å²) < 4.78 is 38.4. The highest BCUT2D eigenvalue weighted by molar-refractivity contribution is 5.47. The lowest BCUT2D eigenvalue weighted by molar-refractivity contribution is -0.137. The van der Waals surface area contributed by atoms with Crippen LogP contribution in [0.1, 0.15) is 16.7 Å². The van der Waals surface area contributed by atoms with Gasteiger partial charge in [-0.25, -0.2) is 4.98 Å². The van der Waals surface area contributed by atoms with Gasteiger partial charge in [0.25, 0.3) is 0 Å². The number of anilines is 1. The summed E-state index contributed by atoms with van der Waals surface area (Å²) in [6.45, 7) is 4.77. The van der Waals surface area contributed by atoms with Crippen LogP contribution in [0.25, 0.3) is 0 Å². The first-order chi connectivity index (χ1) is 12.4. The molecule has 0 bridgehead atoms. The molecule has 2 aromatic rings. The molecule has 1 N–H and O–H groups in total. The second-order valence-corrected chi connectivity index (χ2v) is 6.58. The number of rotatable bonds is 5. The van der Waals surface area contributed by atoms with Crippen molar-refractivity contribution in [3.05, 3.63) is 59.3 Å². The number of hydrogen-bond acceptors (Lipinski definition) is 4. The predicted octanol–water partition coefficient (Wildman–Crippen LogP) is 3.14. The Morgan fingerprint density at radius 3 is 2.54 bits per heavy atom. The molecule has 7 heteroatoms. The number of alkyl halides is 3. The third kappa shape index (κ3) is 4.74. The minimum Gasteiger partial charge on any atom is -0.354 e. The van der Waals surface area contributed by atoms with Crippen molar-refractivity contribution >= 4 is 5.82 Å². The average molecular weight is 364 g/mol. The summed E-state index contributed by atoms with van der Waals surface area (Å²) in [7, 11) is 2.10. The highest BCUT2D eigenvalue weighted by atomic mass is 19.4. The van der Waals surface area contributed by atoms with Crippen molar-refractivity contribution in [3.8, 4) is 0 Å². The molecule has 0 atom stereocenters. The molecule has 1 saturated heterocycles. The lowest BCUT2D eigenvalue weighted by Gasteiger charge is -2.34. The van der Waals surface area contributed by atoms with Gasteiger partial charge in [0.2, 0.25) is 0 Å². The van der Waals surface area contributed by atoms with Crippen molar-refractivity contribution in [2.75, 3.05) is 38.1 Å². The van der Waals surface area contributed by atoms with E-state index in [4.69, 9.17) is 0 Å². The Labute approximate surface area is 151 Å². The predicted molar refractivity (Wildman–Crippen MR) is 95.9 cm³/mol. The number of aromatic nitrogens is 1. The number of pyridine rings is 1. The molecule has 26 heavy (non-hydrogen) atoms. The molecule has 1 aromatic carbocycles. The van der Waals surface area contributed by atoms with Gasteiger partial charge in [-0.15, -0.1) is 0 Å². The molecule has 2 heterocycles. The normalized spacial score (nSPS) is 16.1. The minimum atomic E-state index is -4.31. The van der Waals surface area contributed by atoms with Crippen molar-refractivity contribution in [3.63, 3.8) is 0 Å². The van der Waals surface area contributed by atoms with E-state index in [2.05, 4.69) is 27.1 Å². The molecule has 0 amide bonds. The Hall–Kier alpha value is -2.12. The van der Waals surface area contributed by atoms with Gasteiger partial charge >= 0.3 is 6.18 Å². The SMILES string of the molecule is CN1CCN(c2ncccc2CNCc2cccc(C(F)(F)F)c2)CC1. The van der Waals surface area contributed by atoms with E-state index in [9.17, 15) is 13.2 Å². The van der Waals surface area contributed by atoms with E-state index in [0.717, 1.165) is 43.6 Å². The van der Waals surface area contributed by atoms with E-state index in [1.54, 1.807) is 12.3 Å². The Kier molecular flexibility index (Phi) is 5.78. The number of hydrogen-bond donors (Lipinski definition) is 1. The zero-order valence-corrected chi connectivity index (χ0v) is 14.8. The summed E-state index contributed by atoms with van der Waals surface area (Å²) in [4.78, 5) is 9.07. The molecule has 0 spiro atoms. The second kappa shape index (κ2) is 8.05. The van der Waals surface area contributed by atoms with Gasteiger partial charge in [-0.2, -0.15) is 13.2 Å². The summed E-state index contributed by atoms with van der Waals surface area (Å²) in [5.41, 5.74) is 1.06. The van der Waals surface area contributed by atoms with Crippen LogP contribution in [-0.2, 0) is 19.3 Å². The van der Waals surface area contributed by atoms with Crippen LogP contribution >= 0.6 is 0 Å². The quantitative estimate of drug-likeness (QED) is 0.883. The topological polar surface area (TPSA) is 31.4 Å². The van der Waals surface area contributed by atoms with Crippen molar-refractivity contribution in [1.82, 2.24) is 15.2 Å². The Bertz CT molecular complexity index is 725. The number of nitrogens with zero attached hydrogens (tertiary/aromatic N) is 3. The van der Waals surface area contributed by atoms with Gasteiger partial charge in [0, 0.05) is 51.0 Å². The lowest BCUT2D eigenvalue weighted by Crippen LogP contribution is -2.45. The third-order valence-electron chi connectivity index (χ3n) is 4.57. The molecular formula is C19H23F3N4.